The number of thioether (sulfide) groups is 2. The first-order valence-corrected chi connectivity index (χ1v) is 11.8. The Hall–Kier alpha value is -2.78. The summed E-state index contributed by atoms with van der Waals surface area (Å²) in [6.45, 7) is 0. The van der Waals surface area contributed by atoms with Crippen molar-refractivity contribution in [2.45, 2.75) is 16.7 Å². The lowest BCUT2D eigenvalue weighted by Crippen LogP contribution is -2.54. The Kier molecular flexibility index (Phi) is 6.33. The zero-order valence-corrected chi connectivity index (χ0v) is 18.8. The highest BCUT2D eigenvalue weighted by Gasteiger charge is 2.45. The number of carbonyl (C=O) groups excluding carboxylic acids is 1. The van der Waals surface area contributed by atoms with Gasteiger partial charge in [0.25, 0.3) is 0 Å². The topological polar surface area (TPSA) is 85.6 Å². The molecule has 7 nitrogen and oxygen atoms in total. The van der Waals surface area contributed by atoms with Crippen molar-refractivity contribution in [3.8, 4) is 0 Å². The standard InChI is InChI=1S/C22H22N4O3S2/c1-25(2)17-7-3-15(4-8-17)23-24-16-5-9-18(10-6-16)30-12-14-13-31-20-11-19(27)26(20)21(14)22(28)29/h3-10,20H,11-13H2,1-2H3,(H,28,29). The van der Waals surface area contributed by atoms with Gasteiger partial charge in [-0.3, -0.25) is 9.69 Å². The van der Waals surface area contributed by atoms with Gasteiger partial charge in [0, 0.05) is 36.2 Å². The van der Waals surface area contributed by atoms with Crippen LogP contribution in [0.1, 0.15) is 6.42 Å². The number of hydrogen-bond donors (Lipinski definition) is 1. The molecular weight excluding hydrogens is 432 g/mol. The third kappa shape index (κ3) is 4.77. The Morgan fingerprint density at radius 3 is 2.29 bits per heavy atom. The zero-order valence-electron chi connectivity index (χ0n) is 17.2. The molecule has 0 aromatic heterocycles. The normalized spacial score (nSPS) is 18.2. The van der Waals surface area contributed by atoms with E-state index in [4.69, 9.17) is 0 Å². The lowest BCUT2D eigenvalue weighted by atomic mass is 10.1. The van der Waals surface area contributed by atoms with Gasteiger partial charge in [-0.2, -0.15) is 10.2 Å². The van der Waals surface area contributed by atoms with Crippen molar-refractivity contribution < 1.29 is 14.7 Å². The van der Waals surface area contributed by atoms with E-state index in [1.807, 2.05) is 67.5 Å². The number of nitrogens with zero attached hydrogens (tertiary/aromatic N) is 4. The lowest BCUT2D eigenvalue weighted by Gasteiger charge is -2.44. The Labute approximate surface area is 189 Å². The third-order valence-electron chi connectivity index (χ3n) is 5.03. The van der Waals surface area contributed by atoms with Gasteiger partial charge in [-0.1, -0.05) is 0 Å². The summed E-state index contributed by atoms with van der Waals surface area (Å²) in [5.41, 5.74) is 3.58. The van der Waals surface area contributed by atoms with Crippen molar-refractivity contribution >= 4 is 52.5 Å². The number of benzene rings is 2. The van der Waals surface area contributed by atoms with Crippen LogP contribution in [0.4, 0.5) is 17.1 Å². The van der Waals surface area contributed by atoms with Gasteiger partial charge in [0.15, 0.2) is 0 Å². The van der Waals surface area contributed by atoms with E-state index in [-0.39, 0.29) is 17.0 Å². The van der Waals surface area contributed by atoms with Crippen LogP contribution >= 0.6 is 23.5 Å². The maximum Gasteiger partial charge on any atom is 0.352 e. The molecule has 160 valence electrons. The van der Waals surface area contributed by atoms with Crippen molar-refractivity contribution in [1.29, 1.82) is 0 Å². The molecule has 2 aliphatic heterocycles. The van der Waals surface area contributed by atoms with Crippen LogP contribution in [0.5, 0.6) is 0 Å². The fraction of sp³-hybridized carbons (Fsp3) is 0.273. The summed E-state index contributed by atoms with van der Waals surface area (Å²) in [6.07, 6.45) is 0.428. The average molecular weight is 455 g/mol. The van der Waals surface area contributed by atoms with Crippen molar-refractivity contribution in [2.75, 3.05) is 30.5 Å². The molecule has 31 heavy (non-hydrogen) atoms. The molecule has 0 aliphatic carbocycles. The number of carbonyl (C=O) groups is 2. The first-order valence-electron chi connectivity index (χ1n) is 9.73. The predicted molar refractivity (Wildman–Crippen MR) is 124 cm³/mol. The number of carboxylic acids is 1. The molecule has 0 spiro atoms. The van der Waals surface area contributed by atoms with E-state index in [1.54, 1.807) is 23.5 Å². The van der Waals surface area contributed by atoms with E-state index in [0.717, 1.165) is 27.5 Å². The molecule has 1 N–H and O–H groups in total. The Balaban J connectivity index is 1.39. The van der Waals surface area contributed by atoms with Gasteiger partial charge >= 0.3 is 5.97 Å². The van der Waals surface area contributed by atoms with Crippen LogP contribution in [0, 0.1) is 0 Å². The summed E-state index contributed by atoms with van der Waals surface area (Å²) in [6, 6.07) is 15.5. The number of fused-ring (bicyclic) bond motifs is 1. The SMILES string of the molecule is CN(C)c1ccc(N=Nc2ccc(SCC3=C(C(=O)O)N4C(=O)CC4SC3)cc2)cc1. The summed E-state index contributed by atoms with van der Waals surface area (Å²) < 4.78 is 0. The second-order valence-electron chi connectivity index (χ2n) is 7.38. The van der Waals surface area contributed by atoms with Crippen LogP contribution < -0.4 is 4.90 Å². The van der Waals surface area contributed by atoms with Crippen LogP contribution in [-0.2, 0) is 9.59 Å². The third-order valence-corrected chi connectivity index (χ3v) is 7.41. The molecule has 1 unspecified atom stereocenters. The maximum absolute atomic E-state index is 11.8. The average Bonchev–Trinajstić information content (AvgIpc) is 2.76. The molecule has 1 fully saturated rings. The van der Waals surface area contributed by atoms with Crippen molar-refractivity contribution in [3.63, 3.8) is 0 Å². The van der Waals surface area contributed by atoms with Gasteiger partial charge in [-0.05, 0) is 54.1 Å². The molecule has 1 amide bonds. The minimum absolute atomic E-state index is 0.0175. The van der Waals surface area contributed by atoms with Gasteiger partial charge in [-0.15, -0.1) is 23.5 Å². The van der Waals surface area contributed by atoms with Crippen LogP contribution in [-0.4, -0.2) is 52.9 Å². The van der Waals surface area contributed by atoms with E-state index in [2.05, 4.69) is 10.2 Å². The molecule has 1 saturated heterocycles. The summed E-state index contributed by atoms with van der Waals surface area (Å²) in [4.78, 5) is 28.0. The molecule has 2 heterocycles. The fourth-order valence-corrected chi connectivity index (χ4v) is 5.60. The smallest absolute Gasteiger partial charge is 0.352 e. The van der Waals surface area contributed by atoms with Crippen molar-refractivity contribution in [3.05, 3.63) is 59.8 Å². The van der Waals surface area contributed by atoms with Gasteiger partial charge in [0.05, 0.1) is 23.2 Å². The molecule has 9 heteroatoms. The number of amides is 1. The molecule has 4 rings (SSSR count). The first kappa shape index (κ1) is 21.5. The van der Waals surface area contributed by atoms with E-state index in [0.29, 0.717) is 17.9 Å². The van der Waals surface area contributed by atoms with Crippen molar-refractivity contribution in [1.82, 2.24) is 4.90 Å². The summed E-state index contributed by atoms with van der Waals surface area (Å²) in [5.74, 6) is 0.0400. The number of hydrogen-bond acceptors (Lipinski definition) is 7. The molecule has 0 saturated carbocycles. The summed E-state index contributed by atoms with van der Waals surface area (Å²) in [5, 5.41) is 18.1. The number of carboxylic acid groups (broad SMARTS) is 1. The second-order valence-corrected chi connectivity index (χ2v) is 9.60. The van der Waals surface area contributed by atoms with Crippen LogP contribution in [0.3, 0.4) is 0 Å². The molecule has 0 bridgehead atoms. The van der Waals surface area contributed by atoms with Gasteiger partial charge in [0.1, 0.15) is 5.70 Å². The predicted octanol–water partition coefficient (Wildman–Crippen LogP) is 4.90. The number of azo groups is 1. The highest BCUT2D eigenvalue weighted by atomic mass is 32.2. The maximum atomic E-state index is 11.8. The minimum atomic E-state index is -1.02. The fourth-order valence-electron chi connectivity index (χ4n) is 3.30. The quantitative estimate of drug-likeness (QED) is 0.364. The Morgan fingerprint density at radius 1 is 1.13 bits per heavy atom. The monoisotopic (exact) mass is 454 g/mol. The minimum Gasteiger partial charge on any atom is -0.477 e. The molecule has 2 aromatic carbocycles. The summed E-state index contributed by atoms with van der Waals surface area (Å²) in [7, 11) is 3.98. The van der Waals surface area contributed by atoms with E-state index < -0.39 is 5.97 Å². The summed E-state index contributed by atoms with van der Waals surface area (Å²) >= 11 is 3.19. The van der Waals surface area contributed by atoms with Crippen LogP contribution in [0.15, 0.2) is 74.9 Å². The van der Waals surface area contributed by atoms with Gasteiger partial charge < -0.3 is 10.0 Å². The largest absolute Gasteiger partial charge is 0.477 e. The van der Waals surface area contributed by atoms with Crippen molar-refractivity contribution in [2.24, 2.45) is 10.2 Å². The molecule has 1 atom stereocenters. The molecule has 2 aliphatic rings. The molecule has 2 aromatic rings. The van der Waals surface area contributed by atoms with E-state index in [1.165, 1.54) is 4.90 Å². The number of rotatable bonds is 7. The second kappa shape index (κ2) is 9.15. The van der Waals surface area contributed by atoms with Gasteiger partial charge in [0.2, 0.25) is 5.91 Å². The van der Waals surface area contributed by atoms with Crippen LogP contribution in [0.25, 0.3) is 0 Å². The highest BCUT2D eigenvalue weighted by molar-refractivity contribution is 8.01. The van der Waals surface area contributed by atoms with E-state index >= 15 is 0 Å². The Bertz CT molecular complexity index is 1050. The molecular formula is C22H22N4O3S2. The highest BCUT2D eigenvalue weighted by Crippen LogP contribution is 2.41. The zero-order chi connectivity index (χ0) is 22.0. The number of aliphatic carboxylic acids is 1. The number of β-lactam (4-membered cyclic amide) rings is 1. The first-order chi connectivity index (χ1) is 14.9. The van der Waals surface area contributed by atoms with Gasteiger partial charge in [-0.25, -0.2) is 4.79 Å². The number of anilines is 1. The van der Waals surface area contributed by atoms with Crippen LogP contribution in [0.2, 0.25) is 0 Å². The van der Waals surface area contributed by atoms with E-state index in [9.17, 15) is 14.7 Å². The molecule has 0 radical (unpaired) electrons. The lowest BCUT2D eigenvalue weighted by molar-refractivity contribution is -0.146. The Morgan fingerprint density at radius 2 is 1.74 bits per heavy atom.